The van der Waals surface area contributed by atoms with Gasteiger partial charge in [0, 0.05) is 0 Å². The quantitative estimate of drug-likeness (QED) is 0.650. The molecule has 0 aromatic heterocycles. The number of unbranched alkanes of at least 4 members (excludes halogenated alkanes) is 1. The summed E-state index contributed by atoms with van der Waals surface area (Å²) in [6.07, 6.45) is 7.95. The van der Waals surface area contributed by atoms with E-state index >= 15 is 0 Å². The fraction of sp³-hybridized carbons (Fsp3) is 0.263. The molecule has 0 aliphatic heterocycles. The molecular formula is C19H24. The van der Waals surface area contributed by atoms with E-state index in [0.29, 0.717) is 0 Å². The van der Waals surface area contributed by atoms with E-state index in [1.165, 1.54) is 30.4 Å². The molecule has 0 heterocycles. The first-order chi connectivity index (χ1) is 9.36. The Bertz CT molecular complexity index is 440. The number of allylic oxidation sites excluding steroid dienone is 1. The normalized spacial score (nSPS) is 10.0. The van der Waals surface area contributed by atoms with Crippen LogP contribution in [0.3, 0.4) is 0 Å². The Morgan fingerprint density at radius 1 is 0.842 bits per heavy atom. The minimum atomic E-state index is 1.23. The molecule has 0 radical (unpaired) electrons. The van der Waals surface area contributed by atoms with Crippen molar-refractivity contribution < 1.29 is 0 Å². The molecule has 19 heavy (non-hydrogen) atoms. The Kier molecular flexibility index (Phi) is 8.13. The van der Waals surface area contributed by atoms with E-state index in [9.17, 15) is 0 Å². The van der Waals surface area contributed by atoms with Crippen LogP contribution in [0.1, 0.15) is 37.8 Å². The van der Waals surface area contributed by atoms with Crippen LogP contribution in [-0.2, 0) is 6.42 Å². The molecule has 0 fully saturated rings. The van der Waals surface area contributed by atoms with Crippen molar-refractivity contribution in [1.82, 2.24) is 0 Å². The molecule has 0 saturated carbocycles. The average Bonchev–Trinajstić information content (AvgIpc) is 2.48. The Hall–Kier alpha value is -1.82. The second kappa shape index (κ2) is 10.1. The molecule has 2 rings (SSSR count). The minimum Gasteiger partial charge on any atom is -0.0871 e. The van der Waals surface area contributed by atoms with Crippen LogP contribution in [0.2, 0.25) is 0 Å². The van der Waals surface area contributed by atoms with Crippen LogP contribution in [0.5, 0.6) is 0 Å². The van der Waals surface area contributed by atoms with Gasteiger partial charge >= 0.3 is 0 Å². The average molecular weight is 252 g/mol. The van der Waals surface area contributed by atoms with Gasteiger partial charge in [0.25, 0.3) is 0 Å². The van der Waals surface area contributed by atoms with Crippen LogP contribution < -0.4 is 0 Å². The molecule has 0 saturated heterocycles. The summed E-state index contributed by atoms with van der Waals surface area (Å²) in [6.45, 7) is 4.25. The largest absolute Gasteiger partial charge is 0.0871 e. The molecule has 0 unspecified atom stereocenters. The number of hydrogen-bond donors (Lipinski definition) is 0. The second-order valence-corrected chi connectivity index (χ2v) is 4.50. The fourth-order valence-electron chi connectivity index (χ4n) is 1.78. The van der Waals surface area contributed by atoms with Gasteiger partial charge < -0.3 is 0 Å². The molecule has 0 N–H and O–H groups in total. The molecule has 0 aliphatic rings. The first kappa shape index (κ1) is 15.2. The lowest BCUT2D eigenvalue weighted by molar-refractivity contribution is 0.795. The summed E-state index contributed by atoms with van der Waals surface area (Å²) < 4.78 is 0. The van der Waals surface area contributed by atoms with E-state index in [1.807, 2.05) is 31.2 Å². The highest BCUT2D eigenvalue weighted by molar-refractivity contribution is 5.47. The van der Waals surface area contributed by atoms with Gasteiger partial charge in [0.1, 0.15) is 0 Å². The maximum Gasteiger partial charge on any atom is -0.0260 e. The summed E-state index contributed by atoms with van der Waals surface area (Å²) in [7, 11) is 0. The van der Waals surface area contributed by atoms with E-state index in [2.05, 4.69) is 55.5 Å². The second-order valence-electron chi connectivity index (χ2n) is 4.50. The summed E-state index contributed by atoms with van der Waals surface area (Å²) in [5.41, 5.74) is 2.73. The van der Waals surface area contributed by atoms with Crippen molar-refractivity contribution in [3.8, 4) is 0 Å². The van der Waals surface area contributed by atoms with E-state index in [0.717, 1.165) is 0 Å². The topological polar surface area (TPSA) is 0 Å². The fourth-order valence-corrected chi connectivity index (χ4v) is 1.78. The van der Waals surface area contributed by atoms with Gasteiger partial charge in [-0.05, 0) is 30.9 Å². The van der Waals surface area contributed by atoms with Crippen LogP contribution in [0.4, 0.5) is 0 Å². The van der Waals surface area contributed by atoms with E-state index < -0.39 is 0 Å². The van der Waals surface area contributed by atoms with Crippen molar-refractivity contribution >= 4 is 6.08 Å². The third kappa shape index (κ3) is 7.25. The summed E-state index contributed by atoms with van der Waals surface area (Å²) in [5.74, 6) is 0. The van der Waals surface area contributed by atoms with Gasteiger partial charge in [-0.15, -0.1) is 0 Å². The van der Waals surface area contributed by atoms with Crippen LogP contribution in [0.15, 0.2) is 66.7 Å². The summed E-state index contributed by atoms with van der Waals surface area (Å²) in [6, 6.07) is 20.9. The van der Waals surface area contributed by atoms with Crippen molar-refractivity contribution in [3.63, 3.8) is 0 Å². The first-order valence-electron chi connectivity index (χ1n) is 7.08. The van der Waals surface area contributed by atoms with Gasteiger partial charge in [-0.3, -0.25) is 0 Å². The van der Waals surface area contributed by atoms with Crippen molar-refractivity contribution in [2.24, 2.45) is 0 Å². The van der Waals surface area contributed by atoms with Gasteiger partial charge in [-0.25, -0.2) is 0 Å². The summed E-state index contributed by atoms with van der Waals surface area (Å²) >= 11 is 0. The molecule has 0 heteroatoms. The van der Waals surface area contributed by atoms with Crippen molar-refractivity contribution in [2.45, 2.75) is 33.1 Å². The van der Waals surface area contributed by atoms with Crippen molar-refractivity contribution in [1.29, 1.82) is 0 Å². The molecule has 2 aromatic carbocycles. The lowest BCUT2D eigenvalue weighted by atomic mass is 10.1. The van der Waals surface area contributed by atoms with Gasteiger partial charge in [0.05, 0.1) is 0 Å². The molecule has 0 spiro atoms. The number of rotatable bonds is 4. The van der Waals surface area contributed by atoms with Gasteiger partial charge in [-0.2, -0.15) is 0 Å². The highest BCUT2D eigenvalue weighted by Gasteiger charge is 1.87. The number of hydrogen-bond acceptors (Lipinski definition) is 0. The van der Waals surface area contributed by atoms with Crippen LogP contribution in [0.25, 0.3) is 6.08 Å². The number of aryl methyl sites for hydroxylation is 1. The minimum absolute atomic E-state index is 1.23. The Labute approximate surface area is 117 Å². The smallest absolute Gasteiger partial charge is 0.0260 e. The van der Waals surface area contributed by atoms with Gasteiger partial charge in [-0.1, -0.05) is 86.2 Å². The van der Waals surface area contributed by atoms with E-state index in [1.54, 1.807) is 0 Å². The van der Waals surface area contributed by atoms with Crippen LogP contribution >= 0.6 is 0 Å². The maximum atomic E-state index is 2.23. The highest BCUT2D eigenvalue weighted by Crippen LogP contribution is 2.03. The molecule has 0 atom stereocenters. The van der Waals surface area contributed by atoms with E-state index in [4.69, 9.17) is 0 Å². The standard InChI is InChI=1S/C10H14.C9H10/c1-2-3-7-10-8-5-4-6-9-10;1-2-6-9-7-4-3-5-8-9/h4-6,8-9H,2-3,7H2,1H3;2-8H,1H3. The molecule has 0 aliphatic carbocycles. The summed E-state index contributed by atoms with van der Waals surface area (Å²) in [5, 5.41) is 0. The van der Waals surface area contributed by atoms with Crippen molar-refractivity contribution in [2.75, 3.05) is 0 Å². The van der Waals surface area contributed by atoms with Gasteiger partial charge in [0.15, 0.2) is 0 Å². The maximum absolute atomic E-state index is 2.23. The van der Waals surface area contributed by atoms with Crippen LogP contribution in [-0.4, -0.2) is 0 Å². The zero-order valence-corrected chi connectivity index (χ0v) is 12.0. The molecule has 2 aromatic rings. The molecule has 0 bridgehead atoms. The SMILES string of the molecule is CC=Cc1ccccc1.CCCCc1ccccc1. The van der Waals surface area contributed by atoms with Gasteiger partial charge in [0.2, 0.25) is 0 Å². The predicted octanol–water partition coefficient (Wildman–Crippen LogP) is 5.75. The lowest BCUT2D eigenvalue weighted by Crippen LogP contribution is -1.81. The molecular weight excluding hydrogens is 228 g/mol. The van der Waals surface area contributed by atoms with Crippen LogP contribution in [0, 0.1) is 0 Å². The Morgan fingerprint density at radius 3 is 1.95 bits per heavy atom. The summed E-state index contributed by atoms with van der Waals surface area (Å²) in [4.78, 5) is 0. The van der Waals surface area contributed by atoms with E-state index in [-0.39, 0.29) is 0 Å². The Morgan fingerprint density at radius 2 is 1.42 bits per heavy atom. The molecule has 0 nitrogen and oxygen atoms in total. The zero-order chi connectivity index (χ0) is 13.8. The number of benzene rings is 2. The predicted molar refractivity (Wildman–Crippen MR) is 86.2 cm³/mol. The van der Waals surface area contributed by atoms with Crippen molar-refractivity contribution in [3.05, 3.63) is 77.9 Å². The lowest BCUT2D eigenvalue weighted by Gasteiger charge is -1.96. The monoisotopic (exact) mass is 252 g/mol. The zero-order valence-electron chi connectivity index (χ0n) is 12.0. The Balaban J connectivity index is 0.000000191. The molecule has 0 amide bonds. The third-order valence-corrected chi connectivity index (χ3v) is 2.82. The molecule has 100 valence electrons. The highest BCUT2D eigenvalue weighted by atomic mass is 13.9. The third-order valence-electron chi connectivity index (χ3n) is 2.82. The first-order valence-corrected chi connectivity index (χ1v) is 7.08.